The SMILES string of the molecule is COC(=O)C(CCSC)NC(=O)C1CCN(c2nc(C)c3cc(C)c(C)cc3n2)CC1. The van der Waals surface area contributed by atoms with Crippen LogP contribution in [0.15, 0.2) is 12.1 Å². The summed E-state index contributed by atoms with van der Waals surface area (Å²) in [5.41, 5.74) is 4.38. The topological polar surface area (TPSA) is 84.4 Å². The molecular formula is C23H32N4O3S. The van der Waals surface area contributed by atoms with Crippen LogP contribution in [0.3, 0.4) is 0 Å². The molecule has 1 unspecified atom stereocenters. The number of hydrogen-bond acceptors (Lipinski definition) is 7. The number of rotatable bonds is 7. The Hall–Kier alpha value is -2.35. The first-order valence-corrected chi connectivity index (χ1v) is 12.1. The summed E-state index contributed by atoms with van der Waals surface area (Å²) in [6.45, 7) is 7.63. The van der Waals surface area contributed by atoms with Crippen molar-refractivity contribution in [3.05, 3.63) is 29.0 Å². The number of anilines is 1. The van der Waals surface area contributed by atoms with Crippen LogP contribution in [0.1, 0.15) is 36.1 Å². The lowest BCUT2D eigenvalue weighted by Gasteiger charge is -2.32. The van der Waals surface area contributed by atoms with Crippen molar-refractivity contribution in [3.8, 4) is 0 Å². The average molecular weight is 445 g/mol. The highest BCUT2D eigenvalue weighted by Gasteiger charge is 2.29. The summed E-state index contributed by atoms with van der Waals surface area (Å²) in [7, 11) is 1.35. The van der Waals surface area contributed by atoms with Gasteiger partial charge in [0.25, 0.3) is 0 Å². The van der Waals surface area contributed by atoms with Crippen molar-refractivity contribution in [2.45, 2.75) is 46.1 Å². The van der Waals surface area contributed by atoms with Gasteiger partial charge in [-0.1, -0.05) is 0 Å². The highest BCUT2D eigenvalue weighted by Crippen LogP contribution is 2.26. The van der Waals surface area contributed by atoms with E-state index in [0.29, 0.717) is 32.4 Å². The second kappa shape index (κ2) is 10.3. The predicted octanol–water partition coefficient (Wildman–Crippen LogP) is 3.18. The van der Waals surface area contributed by atoms with Crippen molar-refractivity contribution in [1.82, 2.24) is 15.3 Å². The molecule has 2 aromatic rings. The monoisotopic (exact) mass is 444 g/mol. The van der Waals surface area contributed by atoms with E-state index in [1.807, 2.05) is 13.2 Å². The molecule has 31 heavy (non-hydrogen) atoms. The van der Waals surface area contributed by atoms with Crippen LogP contribution in [0.25, 0.3) is 10.9 Å². The number of ether oxygens (including phenoxy) is 1. The molecule has 1 aromatic carbocycles. The molecule has 1 atom stereocenters. The molecule has 1 saturated heterocycles. The van der Waals surface area contributed by atoms with Gasteiger partial charge in [-0.25, -0.2) is 14.8 Å². The van der Waals surface area contributed by atoms with Gasteiger partial charge in [0.05, 0.1) is 18.3 Å². The van der Waals surface area contributed by atoms with E-state index in [1.54, 1.807) is 11.8 Å². The van der Waals surface area contributed by atoms with Crippen LogP contribution >= 0.6 is 11.8 Å². The van der Waals surface area contributed by atoms with Gasteiger partial charge in [0.2, 0.25) is 11.9 Å². The number of nitrogens with zero attached hydrogens (tertiary/aromatic N) is 3. The van der Waals surface area contributed by atoms with Gasteiger partial charge in [0.15, 0.2) is 0 Å². The lowest BCUT2D eigenvalue weighted by atomic mass is 9.95. The van der Waals surface area contributed by atoms with Crippen molar-refractivity contribution in [2.24, 2.45) is 5.92 Å². The zero-order valence-electron chi connectivity index (χ0n) is 19.0. The van der Waals surface area contributed by atoms with Gasteiger partial charge >= 0.3 is 5.97 Å². The summed E-state index contributed by atoms with van der Waals surface area (Å²) in [4.78, 5) is 36.4. The number of esters is 1. The van der Waals surface area contributed by atoms with Gasteiger partial charge in [-0.15, -0.1) is 0 Å². The fourth-order valence-corrected chi connectivity index (χ4v) is 4.40. The third kappa shape index (κ3) is 5.47. The minimum absolute atomic E-state index is 0.0714. The number of carbonyl (C=O) groups excluding carboxylic acids is 2. The Bertz CT molecular complexity index is 957. The normalized spacial score (nSPS) is 15.7. The van der Waals surface area contributed by atoms with Crippen molar-refractivity contribution >= 4 is 40.5 Å². The zero-order valence-corrected chi connectivity index (χ0v) is 19.8. The molecule has 0 bridgehead atoms. The molecule has 3 rings (SSSR count). The van der Waals surface area contributed by atoms with E-state index in [4.69, 9.17) is 14.7 Å². The average Bonchev–Trinajstić information content (AvgIpc) is 2.77. The summed E-state index contributed by atoms with van der Waals surface area (Å²) in [5.74, 6) is 0.933. The van der Waals surface area contributed by atoms with Gasteiger partial charge in [-0.3, -0.25) is 4.79 Å². The summed E-state index contributed by atoms with van der Waals surface area (Å²) in [5, 5.41) is 3.98. The maximum absolute atomic E-state index is 12.8. The number of thioether (sulfide) groups is 1. The molecule has 0 aliphatic carbocycles. The third-order valence-corrected chi connectivity index (χ3v) is 6.70. The quantitative estimate of drug-likeness (QED) is 0.657. The van der Waals surface area contributed by atoms with E-state index in [9.17, 15) is 9.59 Å². The molecule has 2 heterocycles. The Kier molecular flexibility index (Phi) is 7.75. The van der Waals surface area contributed by atoms with Crippen molar-refractivity contribution < 1.29 is 14.3 Å². The van der Waals surface area contributed by atoms with E-state index < -0.39 is 6.04 Å². The summed E-state index contributed by atoms with van der Waals surface area (Å²) in [6.07, 6.45) is 3.96. The summed E-state index contributed by atoms with van der Waals surface area (Å²) in [6, 6.07) is 3.68. The van der Waals surface area contributed by atoms with Gasteiger partial charge < -0.3 is 15.0 Å². The number of fused-ring (bicyclic) bond motifs is 1. The first kappa shape index (κ1) is 23.3. The maximum atomic E-state index is 12.8. The summed E-state index contributed by atoms with van der Waals surface area (Å²) < 4.78 is 4.85. The standard InChI is InChI=1S/C23H32N4O3S/c1-14-12-18-16(3)24-23(26-20(18)13-15(14)2)27-9-6-17(7-10-27)21(28)25-19(8-11-31-5)22(29)30-4/h12-13,17,19H,6-11H2,1-5H3,(H,25,28). The molecule has 168 valence electrons. The van der Waals surface area contributed by atoms with Crippen LogP contribution in [-0.4, -0.2) is 60.1 Å². The molecule has 1 aliphatic heterocycles. The van der Waals surface area contributed by atoms with E-state index >= 15 is 0 Å². The fourth-order valence-electron chi connectivity index (χ4n) is 3.93. The number of benzene rings is 1. The first-order chi connectivity index (χ1) is 14.8. The lowest BCUT2D eigenvalue weighted by Crippen LogP contribution is -2.47. The van der Waals surface area contributed by atoms with Gasteiger partial charge in [-0.05, 0) is 75.3 Å². The minimum Gasteiger partial charge on any atom is -0.467 e. The minimum atomic E-state index is -0.582. The van der Waals surface area contributed by atoms with Gasteiger partial charge in [-0.2, -0.15) is 11.8 Å². The second-order valence-corrected chi connectivity index (χ2v) is 9.18. The van der Waals surface area contributed by atoms with E-state index in [1.165, 1.54) is 18.2 Å². The lowest BCUT2D eigenvalue weighted by molar-refractivity contribution is -0.145. The molecule has 8 heteroatoms. The van der Waals surface area contributed by atoms with Crippen LogP contribution in [0.2, 0.25) is 0 Å². The summed E-state index contributed by atoms with van der Waals surface area (Å²) >= 11 is 1.64. The smallest absolute Gasteiger partial charge is 0.328 e. The van der Waals surface area contributed by atoms with Gasteiger partial charge in [0.1, 0.15) is 6.04 Å². The predicted molar refractivity (Wildman–Crippen MR) is 126 cm³/mol. The number of amides is 1. The number of piperidine rings is 1. The van der Waals surface area contributed by atoms with Crippen LogP contribution in [0.4, 0.5) is 5.95 Å². The molecule has 0 radical (unpaired) electrons. The van der Waals surface area contributed by atoms with E-state index in [0.717, 1.165) is 28.3 Å². The molecule has 1 N–H and O–H groups in total. The molecule has 0 spiro atoms. The number of aryl methyl sites for hydroxylation is 3. The molecule has 1 aromatic heterocycles. The number of nitrogens with one attached hydrogen (secondary N) is 1. The Labute approximate surface area is 188 Å². The largest absolute Gasteiger partial charge is 0.467 e. The number of aromatic nitrogens is 2. The van der Waals surface area contributed by atoms with E-state index in [-0.39, 0.29) is 17.8 Å². The van der Waals surface area contributed by atoms with Crippen molar-refractivity contribution in [2.75, 3.05) is 37.1 Å². The van der Waals surface area contributed by atoms with Gasteiger partial charge in [0, 0.05) is 24.4 Å². The van der Waals surface area contributed by atoms with Crippen molar-refractivity contribution in [3.63, 3.8) is 0 Å². The molecule has 1 fully saturated rings. The third-order valence-electron chi connectivity index (χ3n) is 6.05. The fraction of sp³-hybridized carbons (Fsp3) is 0.565. The zero-order chi connectivity index (χ0) is 22.5. The molecule has 1 amide bonds. The highest BCUT2D eigenvalue weighted by molar-refractivity contribution is 7.98. The molecular weight excluding hydrogens is 412 g/mol. The number of methoxy groups -OCH3 is 1. The maximum Gasteiger partial charge on any atom is 0.328 e. The Morgan fingerprint density at radius 2 is 1.87 bits per heavy atom. The Balaban J connectivity index is 1.65. The molecule has 7 nitrogen and oxygen atoms in total. The second-order valence-electron chi connectivity index (χ2n) is 8.19. The molecule has 0 saturated carbocycles. The van der Waals surface area contributed by atoms with E-state index in [2.05, 4.69) is 36.2 Å². The van der Waals surface area contributed by atoms with Crippen molar-refractivity contribution in [1.29, 1.82) is 0 Å². The Morgan fingerprint density at radius 1 is 1.19 bits per heavy atom. The number of carbonyl (C=O) groups is 2. The molecule has 1 aliphatic rings. The number of hydrogen-bond donors (Lipinski definition) is 1. The van der Waals surface area contributed by atoms with Crippen LogP contribution in [0, 0.1) is 26.7 Å². The van der Waals surface area contributed by atoms with Crippen LogP contribution in [0.5, 0.6) is 0 Å². The first-order valence-electron chi connectivity index (χ1n) is 10.7. The van der Waals surface area contributed by atoms with Crippen LogP contribution in [-0.2, 0) is 14.3 Å². The Morgan fingerprint density at radius 3 is 2.52 bits per heavy atom. The van der Waals surface area contributed by atoms with Crippen LogP contribution < -0.4 is 10.2 Å². The highest BCUT2D eigenvalue weighted by atomic mass is 32.2.